The molecule has 2 heterocycles. The normalized spacial score (nSPS) is 10.6. The summed E-state index contributed by atoms with van der Waals surface area (Å²) in [4.78, 5) is 39.4. The molecule has 0 aliphatic carbocycles. The van der Waals surface area contributed by atoms with Gasteiger partial charge in [0.25, 0.3) is 11.5 Å². The van der Waals surface area contributed by atoms with Gasteiger partial charge in [-0.3, -0.25) is 14.2 Å². The molecule has 3 aromatic rings. The second-order valence-electron chi connectivity index (χ2n) is 5.44. The van der Waals surface area contributed by atoms with Crippen molar-refractivity contribution in [3.8, 4) is 0 Å². The summed E-state index contributed by atoms with van der Waals surface area (Å²) in [6, 6.07) is 10.7. The lowest BCUT2D eigenvalue weighted by atomic mass is 10.1. The fourth-order valence-corrected chi connectivity index (χ4v) is 2.52. The average Bonchev–Trinajstić information content (AvgIpc) is 3.12. The first-order chi connectivity index (χ1) is 12.1. The molecule has 25 heavy (non-hydrogen) atoms. The molecule has 0 spiro atoms. The Kier molecular flexibility index (Phi) is 4.65. The lowest BCUT2D eigenvalue weighted by Crippen LogP contribution is -2.39. The van der Waals surface area contributed by atoms with Gasteiger partial charge < -0.3 is 14.7 Å². The summed E-state index contributed by atoms with van der Waals surface area (Å²) in [5.41, 5.74) is 0.171. The SMILES string of the molecule is CCc1ccccc1NC(=O)c1c[nH]c(=O)n(Cc2ccco2)c1=O. The number of aromatic nitrogens is 2. The van der Waals surface area contributed by atoms with Gasteiger partial charge in [0, 0.05) is 11.9 Å². The van der Waals surface area contributed by atoms with Crippen LogP contribution in [0.3, 0.4) is 0 Å². The number of furan rings is 1. The number of aromatic amines is 1. The van der Waals surface area contributed by atoms with Crippen LogP contribution in [0.15, 0.2) is 62.9 Å². The van der Waals surface area contributed by atoms with Crippen LogP contribution in [0.5, 0.6) is 0 Å². The van der Waals surface area contributed by atoms with Crippen molar-refractivity contribution in [1.82, 2.24) is 9.55 Å². The number of aryl methyl sites for hydroxylation is 1. The highest BCUT2D eigenvalue weighted by atomic mass is 16.3. The Bertz CT molecular complexity index is 1000. The van der Waals surface area contributed by atoms with Crippen LogP contribution in [0.1, 0.15) is 28.6 Å². The topological polar surface area (TPSA) is 97.1 Å². The van der Waals surface area contributed by atoms with Crippen molar-refractivity contribution < 1.29 is 9.21 Å². The highest BCUT2D eigenvalue weighted by Crippen LogP contribution is 2.15. The van der Waals surface area contributed by atoms with E-state index >= 15 is 0 Å². The van der Waals surface area contributed by atoms with Crippen molar-refractivity contribution in [3.63, 3.8) is 0 Å². The van der Waals surface area contributed by atoms with Gasteiger partial charge in [0.2, 0.25) is 0 Å². The molecule has 7 heteroatoms. The molecule has 0 unspecified atom stereocenters. The highest BCUT2D eigenvalue weighted by molar-refractivity contribution is 6.04. The van der Waals surface area contributed by atoms with Crippen molar-refractivity contribution in [2.45, 2.75) is 19.9 Å². The number of rotatable bonds is 5. The fourth-order valence-electron chi connectivity index (χ4n) is 2.52. The first-order valence-corrected chi connectivity index (χ1v) is 7.84. The second kappa shape index (κ2) is 7.04. The van der Waals surface area contributed by atoms with Crippen LogP contribution < -0.4 is 16.6 Å². The van der Waals surface area contributed by atoms with Crippen molar-refractivity contribution in [2.75, 3.05) is 5.32 Å². The lowest BCUT2D eigenvalue weighted by molar-refractivity contribution is 0.102. The van der Waals surface area contributed by atoms with E-state index in [1.165, 1.54) is 6.26 Å². The zero-order valence-corrected chi connectivity index (χ0v) is 13.6. The monoisotopic (exact) mass is 339 g/mol. The maximum Gasteiger partial charge on any atom is 0.328 e. The van der Waals surface area contributed by atoms with Gasteiger partial charge in [0.05, 0.1) is 12.8 Å². The van der Waals surface area contributed by atoms with Crippen molar-refractivity contribution in [1.29, 1.82) is 0 Å². The third-order valence-corrected chi connectivity index (χ3v) is 3.85. The van der Waals surface area contributed by atoms with Gasteiger partial charge in [-0.05, 0) is 30.2 Å². The molecule has 0 saturated carbocycles. The van der Waals surface area contributed by atoms with E-state index in [0.717, 1.165) is 22.7 Å². The van der Waals surface area contributed by atoms with Gasteiger partial charge in [0.15, 0.2) is 0 Å². The number of carbonyl (C=O) groups is 1. The predicted molar refractivity (Wildman–Crippen MR) is 92.9 cm³/mol. The molecule has 2 aromatic heterocycles. The number of H-pyrrole nitrogens is 1. The van der Waals surface area contributed by atoms with Gasteiger partial charge in [-0.25, -0.2) is 4.79 Å². The number of amides is 1. The zero-order valence-electron chi connectivity index (χ0n) is 13.6. The molecule has 0 atom stereocenters. The molecular formula is C18H17N3O4. The first-order valence-electron chi connectivity index (χ1n) is 7.84. The molecule has 1 aromatic carbocycles. The number of carbonyl (C=O) groups excluding carboxylic acids is 1. The van der Waals surface area contributed by atoms with Crippen LogP contribution in [-0.4, -0.2) is 15.5 Å². The largest absolute Gasteiger partial charge is 0.467 e. The van der Waals surface area contributed by atoms with Crippen LogP contribution in [0.25, 0.3) is 0 Å². The summed E-state index contributed by atoms with van der Waals surface area (Å²) < 4.78 is 6.09. The smallest absolute Gasteiger partial charge is 0.328 e. The Balaban J connectivity index is 1.93. The Morgan fingerprint density at radius 1 is 1.20 bits per heavy atom. The number of benzene rings is 1. The van der Waals surface area contributed by atoms with E-state index in [2.05, 4.69) is 10.3 Å². The zero-order chi connectivity index (χ0) is 17.8. The van der Waals surface area contributed by atoms with Crippen molar-refractivity contribution in [3.05, 3.63) is 86.6 Å². The summed E-state index contributed by atoms with van der Waals surface area (Å²) >= 11 is 0. The molecule has 7 nitrogen and oxygen atoms in total. The van der Waals surface area contributed by atoms with Crippen LogP contribution >= 0.6 is 0 Å². The van der Waals surface area contributed by atoms with E-state index in [1.807, 2.05) is 19.1 Å². The molecule has 1 amide bonds. The Labute approximate surface area is 142 Å². The van der Waals surface area contributed by atoms with E-state index in [4.69, 9.17) is 4.42 Å². The second-order valence-corrected chi connectivity index (χ2v) is 5.44. The Hall–Kier alpha value is -3.35. The molecule has 0 radical (unpaired) electrons. The lowest BCUT2D eigenvalue weighted by Gasteiger charge is -2.10. The van der Waals surface area contributed by atoms with Crippen LogP contribution in [0.4, 0.5) is 5.69 Å². The minimum Gasteiger partial charge on any atom is -0.467 e. The predicted octanol–water partition coefficient (Wildman–Crippen LogP) is 1.99. The van der Waals surface area contributed by atoms with Crippen LogP contribution in [-0.2, 0) is 13.0 Å². The molecule has 3 rings (SSSR count). The summed E-state index contributed by atoms with van der Waals surface area (Å²) in [5, 5.41) is 2.73. The molecule has 0 saturated heterocycles. The summed E-state index contributed by atoms with van der Waals surface area (Å²) in [5.74, 6) is -0.128. The molecule has 128 valence electrons. The highest BCUT2D eigenvalue weighted by Gasteiger charge is 2.16. The fraction of sp³-hybridized carbons (Fsp3) is 0.167. The van der Waals surface area contributed by atoms with E-state index in [-0.39, 0.29) is 12.1 Å². The third-order valence-electron chi connectivity index (χ3n) is 3.85. The van der Waals surface area contributed by atoms with Crippen LogP contribution in [0.2, 0.25) is 0 Å². The van der Waals surface area contributed by atoms with Gasteiger partial charge >= 0.3 is 5.69 Å². The summed E-state index contributed by atoms with van der Waals surface area (Å²) in [7, 11) is 0. The number of hydrogen-bond donors (Lipinski definition) is 2. The van der Waals surface area contributed by atoms with Crippen LogP contribution in [0, 0.1) is 0 Å². The number of anilines is 1. The Morgan fingerprint density at radius 2 is 2.00 bits per heavy atom. The molecular weight excluding hydrogens is 322 g/mol. The maximum atomic E-state index is 12.5. The number of nitrogens with zero attached hydrogens (tertiary/aromatic N) is 1. The maximum absolute atomic E-state index is 12.5. The Morgan fingerprint density at radius 3 is 2.72 bits per heavy atom. The molecule has 0 aliphatic rings. The number of para-hydroxylation sites is 1. The number of hydrogen-bond acceptors (Lipinski definition) is 4. The average molecular weight is 339 g/mol. The van der Waals surface area contributed by atoms with Gasteiger partial charge in [0.1, 0.15) is 11.3 Å². The summed E-state index contributed by atoms with van der Waals surface area (Å²) in [6.07, 6.45) is 3.32. The third kappa shape index (κ3) is 3.45. The standard InChI is InChI=1S/C18H17N3O4/c1-2-12-6-3-4-8-15(12)20-16(22)14-10-19-18(24)21(17(14)23)11-13-7-5-9-25-13/h3-10H,2,11H2,1H3,(H,19,24)(H,20,22). The van der Waals surface area contributed by atoms with Gasteiger partial charge in [-0.15, -0.1) is 0 Å². The first kappa shape index (κ1) is 16.5. The molecule has 0 aliphatic heterocycles. The quantitative estimate of drug-likeness (QED) is 0.743. The molecule has 0 bridgehead atoms. The van der Waals surface area contributed by atoms with Gasteiger partial charge in [-0.1, -0.05) is 25.1 Å². The minimum atomic E-state index is -0.674. The van der Waals surface area contributed by atoms with Crippen molar-refractivity contribution in [2.24, 2.45) is 0 Å². The van der Waals surface area contributed by atoms with E-state index < -0.39 is 17.2 Å². The molecule has 2 N–H and O–H groups in total. The van der Waals surface area contributed by atoms with E-state index in [0.29, 0.717) is 11.4 Å². The van der Waals surface area contributed by atoms with Crippen molar-refractivity contribution >= 4 is 11.6 Å². The van der Waals surface area contributed by atoms with E-state index in [9.17, 15) is 14.4 Å². The van der Waals surface area contributed by atoms with Gasteiger partial charge in [-0.2, -0.15) is 0 Å². The summed E-state index contributed by atoms with van der Waals surface area (Å²) in [6.45, 7) is 1.93. The van der Waals surface area contributed by atoms with E-state index in [1.54, 1.807) is 24.3 Å². The molecule has 0 fully saturated rings. The minimum absolute atomic E-state index is 0.0478. The number of nitrogens with one attached hydrogen (secondary N) is 2.